The van der Waals surface area contributed by atoms with Crippen LogP contribution in [-0.4, -0.2) is 53.6 Å². The van der Waals surface area contributed by atoms with Crippen LogP contribution in [0.15, 0.2) is 0 Å². The smallest absolute Gasteiger partial charge is 0.406 e. The highest BCUT2D eigenvalue weighted by atomic mass is 19.4. The molecule has 6 nitrogen and oxygen atoms in total. The number of rotatable bonds is 9. The van der Waals surface area contributed by atoms with E-state index in [0.717, 1.165) is 12.8 Å². The Morgan fingerprint density at radius 1 is 1.22 bits per heavy atom. The molecule has 1 aliphatic heterocycles. The van der Waals surface area contributed by atoms with Crippen molar-refractivity contribution in [3.8, 4) is 0 Å². The minimum atomic E-state index is -4.46. The molecule has 0 aromatic rings. The Bertz CT molecular complexity index is 440. The van der Waals surface area contributed by atoms with Crippen molar-refractivity contribution in [1.82, 2.24) is 10.2 Å². The number of hydrogen-bond acceptors (Lipinski definition) is 3. The molecular formula is C14H21F3N2O4. The van der Waals surface area contributed by atoms with E-state index in [-0.39, 0.29) is 19.4 Å². The maximum Gasteiger partial charge on any atom is 0.406 e. The van der Waals surface area contributed by atoms with Crippen LogP contribution in [0.1, 0.15) is 38.5 Å². The lowest BCUT2D eigenvalue weighted by Gasteiger charge is -2.18. The number of carbonyl (C=O) groups is 3. The van der Waals surface area contributed by atoms with Crippen LogP contribution in [0.5, 0.6) is 0 Å². The van der Waals surface area contributed by atoms with E-state index >= 15 is 0 Å². The Hall–Kier alpha value is -1.80. The number of carbonyl (C=O) groups excluding carboxylic acids is 2. The number of unbranched alkanes of at least 4 members (excludes halogenated alkanes) is 3. The van der Waals surface area contributed by atoms with Gasteiger partial charge in [0.05, 0.1) is 5.92 Å². The predicted octanol–water partition coefficient (Wildman–Crippen LogP) is 1.55. The molecule has 0 aromatic heterocycles. The molecule has 1 saturated heterocycles. The molecule has 1 heterocycles. The third-order valence-electron chi connectivity index (χ3n) is 3.57. The zero-order chi connectivity index (χ0) is 17.5. The van der Waals surface area contributed by atoms with Gasteiger partial charge in [-0.1, -0.05) is 12.8 Å². The van der Waals surface area contributed by atoms with Crippen LogP contribution >= 0.6 is 0 Å². The number of aliphatic carboxylic acids is 1. The number of carboxylic acids is 1. The van der Waals surface area contributed by atoms with Gasteiger partial charge in [0.25, 0.3) is 0 Å². The Labute approximate surface area is 132 Å². The van der Waals surface area contributed by atoms with Gasteiger partial charge in [0.15, 0.2) is 0 Å². The van der Waals surface area contributed by atoms with Crippen LogP contribution in [0, 0.1) is 5.92 Å². The minimum absolute atomic E-state index is 0.117. The second-order valence-electron chi connectivity index (χ2n) is 5.64. The normalized spacial score (nSPS) is 18.3. The second-order valence-corrected chi connectivity index (χ2v) is 5.64. The van der Waals surface area contributed by atoms with Gasteiger partial charge in [-0.25, -0.2) is 0 Å². The number of alkyl halides is 3. The number of hydrogen-bond donors (Lipinski definition) is 2. The van der Waals surface area contributed by atoms with Crippen LogP contribution in [-0.2, 0) is 14.4 Å². The summed E-state index contributed by atoms with van der Waals surface area (Å²) in [5.41, 5.74) is 0. The van der Waals surface area contributed by atoms with Crippen molar-refractivity contribution in [2.75, 3.05) is 19.6 Å². The fraction of sp³-hybridized carbons (Fsp3) is 0.786. The first kappa shape index (κ1) is 19.2. The molecule has 23 heavy (non-hydrogen) atoms. The summed E-state index contributed by atoms with van der Waals surface area (Å²) in [7, 11) is 0. The zero-order valence-corrected chi connectivity index (χ0v) is 12.7. The van der Waals surface area contributed by atoms with Gasteiger partial charge in [0.2, 0.25) is 11.8 Å². The van der Waals surface area contributed by atoms with Gasteiger partial charge in [-0.05, 0) is 12.8 Å². The van der Waals surface area contributed by atoms with E-state index in [2.05, 4.69) is 5.32 Å². The lowest BCUT2D eigenvalue weighted by Crippen LogP contribution is -2.37. The van der Waals surface area contributed by atoms with Crippen molar-refractivity contribution >= 4 is 17.8 Å². The van der Waals surface area contributed by atoms with Gasteiger partial charge in [-0.15, -0.1) is 0 Å². The molecule has 132 valence electrons. The van der Waals surface area contributed by atoms with Crippen molar-refractivity contribution in [2.45, 2.75) is 44.7 Å². The number of likely N-dealkylation sites (tertiary alicyclic amines) is 1. The Morgan fingerprint density at radius 3 is 2.48 bits per heavy atom. The molecule has 0 saturated carbocycles. The van der Waals surface area contributed by atoms with Crippen molar-refractivity contribution in [3.63, 3.8) is 0 Å². The fourth-order valence-electron chi connectivity index (χ4n) is 2.43. The molecule has 0 bridgehead atoms. The van der Waals surface area contributed by atoms with Crippen LogP contribution in [0.2, 0.25) is 0 Å². The predicted molar refractivity (Wildman–Crippen MR) is 74.5 cm³/mol. The molecule has 2 amide bonds. The molecule has 1 atom stereocenters. The van der Waals surface area contributed by atoms with Gasteiger partial charge in [-0.3, -0.25) is 14.4 Å². The summed E-state index contributed by atoms with van der Waals surface area (Å²) in [5.74, 6) is -2.64. The van der Waals surface area contributed by atoms with Gasteiger partial charge >= 0.3 is 12.1 Å². The number of nitrogens with zero attached hydrogens (tertiary/aromatic N) is 1. The summed E-state index contributed by atoms with van der Waals surface area (Å²) < 4.78 is 36.8. The van der Waals surface area contributed by atoms with Crippen molar-refractivity contribution in [1.29, 1.82) is 0 Å². The summed E-state index contributed by atoms with van der Waals surface area (Å²) in [4.78, 5) is 34.3. The second kappa shape index (κ2) is 8.73. The topological polar surface area (TPSA) is 86.7 Å². The maximum absolute atomic E-state index is 12.3. The molecule has 9 heteroatoms. The van der Waals surface area contributed by atoms with Crippen LogP contribution < -0.4 is 5.32 Å². The molecule has 0 aliphatic carbocycles. The van der Waals surface area contributed by atoms with E-state index in [0.29, 0.717) is 24.3 Å². The van der Waals surface area contributed by atoms with E-state index in [4.69, 9.17) is 5.11 Å². The highest BCUT2D eigenvalue weighted by molar-refractivity contribution is 5.89. The van der Waals surface area contributed by atoms with E-state index in [1.165, 1.54) is 0 Å². The monoisotopic (exact) mass is 338 g/mol. The van der Waals surface area contributed by atoms with Crippen LogP contribution in [0.3, 0.4) is 0 Å². The first-order chi connectivity index (χ1) is 10.7. The molecule has 0 spiro atoms. The molecule has 2 N–H and O–H groups in total. The number of carboxylic acid groups (broad SMARTS) is 1. The highest BCUT2D eigenvalue weighted by Crippen LogP contribution is 2.23. The summed E-state index contributed by atoms with van der Waals surface area (Å²) >= 11 is 0. The third-order valence-corrected chi connectivity index (χ3v) is 3.57. The SMILES string of the molecule is O=C(O)CCCCCCNC(=O)C1CC(=O)N(CC(F)(F)F)C1. The van der Waals surface area contributed by atoms with E-state index in [9.17, 15) is 27.6 Å². The average molecular weight is 338 g/mol. The van der Waals surface area contributed by atoms with Gasteiger partial charge in [0, 0.05) is 25.9 Å². The molecule has 1 aliphatic rings. The van der Waals surface area contributed by atoms with Gasteiger partial charge in [0.1, 0.15) is 6.54 Å². The summed E-state index contributed by atoms with van der Waals surface area (Å²) in [6, 6.07) is 0. The molecule has 0 radical (unpaired) electrons. The highest BCUT2D eigenvalue weighted by Gasteiger charge is 2.40. The largest absolute Gasteiger partial charge is 0.481 e. The summed E-state index contributed by atoms with van der Waals surface area (Å²) in [6.45, 7) is -1.15. The third kappa shape index (κ3) is 7.85. The molecule has 1 rings (SSSR count). The summed E-state index contributed by atoms with van der Waals surface area (Å²) in [5, 5.41) is 11.1. The first-order valence-electron chi connectivity index (χ1n) is 7.53. The van der Waals surface area contributed by atoms with Crippen LogP contribution in [0.4, 0.5) is 13.2 Å². The Kier molecular flexibility index (Phi) is 7.31. The minimum Gasteiger partial charge on any atom is -0.481 e. The lowest BCUT2D eigenvalue weighted by atomic mass is 10.1. The average Bonchev–Trinajstić information content (AvgIpc) is 2.76. The maximum atomic E-state index is 12.3. The first-order valence-corrected chi connectivity index (χ1v) is 7.53. The van der Waals surface area contributed by atoms with Gasteiger partial charge in [-0.2, -0.15) is 13.2 Å². The van der Waals surface area contributed by atoms with Crippen molar-refractivity contribution in [2.24, 2.45) is 5.92 Å². The molecule has 1 fully saturated rings. The molecule has 0 aromatic carbocycles. The molecule has 1 unspecified atom stereocenters. The van der Waals surface area contributed by atoms with E-state index in [1.807, 2.05) is 0 Å². The van der Waals surface area contributed by atoms with Crippen molar-refractivity contribution in [3.05, 3.63) is 0 Å². The molecular weight excluding hydrogens is 317 g/mol. The Balaban J connectivity index is 2.18. The van der Waals surface area contributed by atoms with Gasteiger partial charge < -0.3 is 15.3 Å². The number of amides is 2. The van der Waals surface area contributed by atoms with Crippen molar-refractivity contribution < 1.29 is 32.7 Å². The lowest BCUT2D eigenvalue weighted by molar-refractivity contribution is -0.157. The van der Waals surface area contributed by atoms with E-state index < -0.39 is 36.4 Å². The Morgan fingerprint density at radius 2 is 1.87 bits per heavy atom. The number of nitrogens with one attached hydrogen (secondary N) is 1. The zero-order valence-electron chi connectivity index (χ0n) is 12.7. The quantitative estimate of drug-likeness (QED) is 0.625. The standard InChI is InChI=1S/C14H21F3N2O4/c15-14(16,17)9-19-8-10(7-11(19)20)13(23)18-6-4-2-1-3-5-12(21)22/h10H,1-9H2,(H,18,23)(H,21,22). The fourth-order valence-corrected chi connectivity index (χ4v) is 2.43. The number of halogens is 3. The summed E-state index contributed by atoms with van der Waals surface area (Å²) in [6.07, 6.45) is -1.80. The van der Waals surface area contributed by atoms with E-state index in [1.54, 1.807) is 0 Å². The van der Waals surface area contributed by atoms with Crippen LogP contribution in [0.25, 0.3) is 0 Å².